The van der Waals surface area contributed by atoms with E-state index in [9.17, 15) is 0 Å². The van der Waals surface area contributed by atoms with Crippen LogP contribution in [0.4, 0.5) is 11.4 Å². The molecule has 1 unspecified atom stereocenters. The Kier molecular flexibility index (Phi) is 4.40. The lowest BCUT2D eigenvalue weighted by Crippen LogP contribution is -2.34. The average molecular weight is 490 g/mol. The van der Waals surface area contributed by atoms with E-state index in [1.165, 1.54) is 24.1 Å². The van der Waals surface area contributed by atoms with Crippen LogP contribution in [0.15, 0.2) is 42.5 Å². The van der Waals surface area contributed by atoms with Gasteiger partial charge in [0.25, 0.3) is 0 Å². The van der Waals surface area contributed by atoms with E-state index < -0.39 is 0 Å². The van der Waals surface area contributed by atoms with Gasteiger partial charge in [0.2, 0.25) is 0 Å². The zero-order chi connectivity index (χ0) is 14.1. The smallest absolute Gasteiger partial charge is 0.0970 e. The fourth-order valence-corrected chi connectivity index (χ4v) is 3.90. The third-order valence-corrected chi connectivity index (χ3v) is 5.53. The molecular formula is C16H16I2N2. The Morgan fingerprint density at radius 3 is 2.60 bits per heavy atom. The van der Waals surface area contributed by atoms with Crippen molar-refractivity contribution in [3.63, 3.8) is 0 Å². The van der Waals surface area contributed by atoms with Gasteiger partial charge in [-0.25, -0.2) is 0 Å². The van der Waals surface area contributed by atoms with E-state index in [1.54, 1.807) is 0 Å². The minimum Gasteiger partial charge on any atom is -0.364 e. The highest BCUT2D eigenvalue weighted by Crippen LogP contribution is 2.37. The number of hydrogen-bond donors (Lipinski definition) is 2. The van der Waals surface area contributed by atoms with Crippen LogP contribution in [0.5, 0.6) is 0 Å². The van der Waals surface area contributed by atoms with Gasteiger partial charge in [-0.05, 0) is 81.3 Å². The molecular weight excluding hydrogens is 474 g/mol. The maximum Gasteiger partial charge on any atom is 0.0970 e. The summed E-state index contributed by atoms with van der Waals surface area (Å²) in [6.45, 7) is 2.31. The highest BCUT2D eigenvalue weighted by atomic mass is 127. The summed E-state index contributed by atoms with van der Waals surface area (Å²) in [6, 6.07) is 15.0. The van der Waals surface area contributed by atoms with E-state index in [1.807, 2.05) is 0 Å². The molecule has 1 aliphatic heterocycles. The van der Waals surface area contributed by atoms with Crippen molar-refractivity contribution in [1.82, 2.24) is 0 Å². The minimum absolute atomic E-state index is 0.282. The van der Waals surface area contributed by atoms with Crippen molar-refractivity contribution in [2.45, 2.75) is 25.4 Å². The molecule has 0 saturated carbocycles. The molecule has 2 aromatic carbocycles. The lowest BCUT2D eigenvalue weighted by Gasteiger charge is -2.33. The molecule has 0 aromatic heterocycles. The summed E-state index contributed by atoms with van der Waals surface area (Å²) >= 11 is 4.79. The molecule has 2 N–H and O–H groups in total. The maximum atomic E-state index is 3.65. The van der Waals surface area contributed by atoms with Crippen molar-refractivity contribution in [3.8, 4) is 0 Å². The molecule has 1 aliphatic rings. The van der Waals surface area contributed by atoms with E-state index in [0.717, 1.165) is 6.42 Å². The van der Waals surface area contributed by atoms with Gasteiger partial charge in [0.05, 0.1) is 11.9 Å². The topological polar surface area (TPSA) is 24.1 Å². The van der Waals surface area contributed by atoms with Crippen molar-refractivity contribution in [3.05, 3.63) is 55.2 Å². The molecule has 104 valence electrons. The van der Waals surface area contributed by atoms with Crippen LogP contribution in [-0.4, -0.2) is 6.17 Å². The molecule has 0 spiro atoms. The highest BCUT2D eigenvalue weighted by molar-refractivity contribution is 14.1. The zero-order valence-electron chi connectivity index (χ0n) is 11.2. The van der Waals surface area contributed by atoms with Crippen LogP contribution in [0.25, 0.3) is 0 Å². The summed E-state index contributed by atoms with van der Waals surface area (Å²) in [7, 11) is 0. The van der Waals surface area contributed by atoms with Crippen LogP contribution in [-0.2, 0) is 0 Å². The standard InChI is InChI=1S/C16H16I2N2/c1-10-9-15(19-14-8-3-2-6-12(14)17)20-16-11(10)5-4-7-13(16)18/h2-8,10,15,19-20H,9H2,1H3/t10?,15-/m0/s1. The Bertz CT molecular complexity index is 628. The summed E-state index contributed by atoms with van der Waals surface area (Å²) in [5.41, 5.74) is 3.92. The van der Waals surface area contributed by atoms with Crippen LogP contribution in [0.3, 0.4) is 0 Å². The van der Waals surface area contributed by atoms with E-state index in [0.29, 0.717) is 5.92 Å². The van der Waals surface area contributed by atoms with Gasteiger partial charge in [0.15, 0.2) is 0 Å². The molecule has 0 amide bonds. The largest absolute Gasteiger partial charge is 0.364 e. The number of nitrogens with one attached hydrogen (secondary N) is 2. The zero-order valence-corrected chi connectivity index (χ0v) is 15.5. The van der Waals surface area contributed by atoms with Crippen molar-refractivity contribution >= 4 is 56.6 Å². The number of anilines is 2. The van der Waals surface area contributed by atoms with E-state index >= 15 is 0 Å². The van der Waals surface area contributed by atoms with Gasteiger partial charge in [-0.1, -0.05) is 31.2 Å². The molecule has 0 aliphatic carbocycles. The van der Waals surface area contributed by atoms with Crippen LogP contribution in [0.1, 0.15) is 24.8 Å². The third kappa shape index (κ3) is 2.90. The minimum atomic E-state index is 0.282. The fraction of sp³-hybridized carbons (Fsp3) is 0.250. The SMILES string of the molecule is CC1C[C@@H](Nc2ccccc2I)Nc2c(I)cccc21. The summed E-state index contributed by atoms with van der Waals surface area (Å²) in [5, 5.41) is 7.28. The predicted octanol–water partition coefficient (Wildman–Crippen LogP) is 5.25. The lowest BCUT2D eigenvalue weighted by molar-refractivity contribution is 0.597. The molecule has 0 fully saturated rings. The first-order valence-electron chi connectivity index (χ1n) is 6.71. The Labute approximate surface area is 147 Å². The van der Waals surface area contributed by atoms with Gasteiger partial charge in [-0.2, -0.15) is 0 Å². The van der Waals surface area contributed by atoms with E-state index in [4.69, 9.17) is 0 Å². The van der Waals surface area contributed by atoms with Gasteiger partial charge in [-0.3, -0.25) is 0 Å². The van der Waals surface area contributed by atoms with E-state index in [-0.39, 0.29) is 6.17 Å². The van der Waals surface area contributed by atoms with Gasteiger partial charge < -0.3 is 10.6 Å². The second kappa shape index (κ2) is 6.09. The number of halogens is 2. The average Bonchev–Trinajstić information content (AvgIpc) is 2.43. The van der Waals surface area contributed by atoms with Crippen LogP contribution >= 0.6 is 45.2 Å². The number of rotatable bonds is 2. The molecule has 2 nitrogen and oxygen atoms in total. The van der Waals surface area contributed by atoms with Crippen molar-refractivity contribution in [2.75, 3.05) is 10.6 Å². The maximum absolute atomic E-state index is 3.65. The van der Waals surface area contributed by atoms with Gasteiger partial charge >= 0.3 is 0 Å². The number of benzene rings is 2. The lowest BCUT2D eigenvalue weighted by atomic mass is 9.91. The normalized spacial score (nSPS) is 20.9. The molecule has 4 heteroatoms. The molecule has 0 saturated heterocycles. The first-order chi connectivity index (χ1) is 9.65. The van der Waals surface area contributed by atoms with Crippen LogP contribution in [0, 0.1) is 7.14 Å². The summed E-state index contributed by atoms with van der Waals surface area (Å²) in [6.07, 6.45) is 1.38. The van der Waals surface area contributed by atoms with Crippen molar-refractivity contribution in [2.24, 2.45) is 0 Å². The van der Waals surface area contributed by atoms with Gasteiger partial charge in [-0.15, -0.1) is 0 Å². The summed E-state index contributed by atoms with van der Waals surface area (Å²) < 4.78 is 2.55. The predicted molar refractivity (Wildman–Crippen MR) is 102 cm³/mol. The Balaban J connectivity index is 1.85. The van der Waals surface area contributed by atoms with Gasteiger partial charge in [0, 0.05) is 12.8 Å². The highest BCUT2D eigenvalue weighted by Gasteiger charge is 2.24. The Hall–Kier alpha value is -0.500. The summed E-state index contributed by atoms with van der Waals surface area (Å²) in [4.78, 5) is 0. The Morgan fingerprint density at radius 2 is 1.80 bits per heavy atom. The molecule has 3 rings (SSSR count). The number of hydrogen-bond acceptors (Lipinski definition) is 2. The number of fused-ring (bicyclic) bond motifs is 1. The summed E-state index contributed by atoms with van der Waals surface area (Å²) in [5.74, 6) is 0.569. The fourth-order valence-electron chi connectivity index (χ4n) is 2.68. The Morgan fingerprint density at radius 1 is 1.05 bits per heavy atom. The molecule has 1 heterocycles. The number of para-hydroxylation sites is 2. The van der Waals surface area contributed by atoms with Gasteiger partial charge in [0.1, 0.15) is 0 Å². The third-order valence-electron chi connectivity index (χ3n) is 3.69. The first-order valence-corrected chi connectivity index (χ1v) is 8.87. The second-order valence-corrected chi connectivity index (χ2v) is 7.49. The second-order valence-electron chi connectivity index (χ2n) is 5.16. The van der Waals surface area contributed by atoms with Crippen molar-refractivity contribution < 1.29 is 0 Å². The van der Waals surface area contributed by atoms with E-state index in [2.05, 4.69) is 105 Å². The molecule has 0 radical (unpaired) electrons. The molecule has 20 heavy (non-hydrogen) atoms. The molecule has 0 bridgehead atoms. The first kappa shape index (κ1) is 14.4. The molecule has 2 atom stereocenters. The monoisotopic (exact) mass is 490 g/mol. The van der Waals surface area contributed by atoms with Crippen molar-refractivity contribution in [1.29, 1.82) is 0 Å². The quantitative estimate of drug-likeness (QED) is 0.563. The molecule has 2 aromatic rings. The van der Waals surface area contributed by atoms with Crippen LogP contribution < -0.4 is 10.6 Å². The van der Waals surface area contributed by atoms with Crippen LogP contribution in [0.2, 0.25) is 0 Å².